The maximum atomic E-state index is 14.0. The molecule has 3 aromatic rings. The Hall–Kier alpha value is -3.23. The van der Waals surface area contributed by atoms with Gasteiger partial charge in [-0.3, -0.25) is 14.0 Å². The van der Waals surface area contributed by atoms with Crippen molar-refractivity contribution < 1.29 is 23.1 Å². The zero-order chi connectivity index (χ0) is 20.1. The number of fused-ring (bicyclic) bond motifs is 3. The zero-order valence-corrected chi connectivity index (χ0v) is 15.0. The molecule has 4 rings (SSSR count). The lowest BCUT2D eigenvalue weighted by Gasteiger charge is -2.21. The number of imidazole rings is 1. The van der Waals surface area contributed by atoms with Gasteiger partial charge in [0.05, 0.1) is 23.0 Å². The number of hydrogen-bond donors (Lipinski definition) is 2. The van der Waals surface area contributed by atoms with Crippen LogP contribution in [0.3, 0.4) is 0 Å². The molecule has 0 saturated carbocycles. The molecule has 1 fully saturated rings. The van der Waals surface area contributed by atoms with E-state index in [1.807, 2.05) is 0 Å². The molecular formula is C19H18F2N4O3. The van der Waals surface area contributed by atoms with Gasteiger partial charge in [-0.05, 0) is 18.6 Å². The first-order valence-corrected chi connectivity index (χ1v) is 8.84. The summed E-state index contributed by atoms with van der Waals surface area (Å²) in [6.45, 7) is 1.51. The van der Waals surface area contributed by atoms with Gasteiger partial charge in [-0.2, -0.15) is 8.78 Å². The summed E-state index contributed by atoms with van der Waals surface area (Å²) >= 11 is 0. The van der Waals surface area contributed by atoms with E-state index in [-0.39, 0.29) is 18.6 Å². The molecule has 146 valence electrons. The second-order valence-corrected chi connectivity index (χ2v) is 6.77. The van der Waals surface area contributed by atoms with E-state index in [4.69, 9.17) is 10.5 Å². The number of benzene rings is 1. The van der Waals surface area contributed by atoms with Gasteiger partial charge in [0.1, 0.15) is 18.0 Å². The van der Waals surface area contributed by atoms with Crippen molar-refractivity contribution in [3.8, 4) is 5.75 Å². The topological polar surface area (TPSA) is 98.7 Å². The number of aromatic nitrogens is 2. The molecule has 0 aliphatic carbocycles. The number of pyridine rings is 1. The van der Waals surface area contributed by atoms with E-state index in [1.54, 1.807) is 41.8 Å². The van der Waals surface area contributed by atoms with Crippen LogP contribution in [-0.4, -0.2) is 39.8 Å². The summed E-state index contributed by atoms with van der Waals surface area (Å²) in [7, 11) is 0. The van der Waals surface area contributed by atoms with Crippen molar-refractivity contribution in [3.63, 3.8) is 0 Å². The van der Waals surface area contributed by atoms with Gasteiger partial charge in [-0.25, -0.2) is 4.98 Å². The van der Waals surface area contributed by atoms with Crippen LogP contribution in [0.2, 0.25) is 0 Å². The molecule has 0 bridgehead atoms. The quantitative estimate of drug-likeness (QED) is 0.699. The number of hydrogen-bond acceptors (Lipinski definition) is 4. The van der Waals surface area contributed by atoms with E-state index < -0.39 is 29.7 Å². The summed E-state index contributed by atoms with van der Waals surface area (Å²) in [5.41, 5.74) is 6.72. The van der Waals surface area contributed by atoms with Gasteiger partial charge in [-0.1, -0.05) is 19.1 Å². The molecule has 1 saturated heterocycles. The predicted molar refractivity (Wildman–Crippen MR) is 97.4 cm³/mol. The molecule has 0 radical (unpaired) electrons. The number of primary amides is 1. The number of amides is 2. The zero-order valence-electron chi connectivity index (χ0n) is 15.0. The SMILES string of the molecule is CCC1C(COc2cccc3cc(C(N)=O)c4nccn4c23)NC(=O)C1(F)F. The Kier molecular flexibility index (Phi) is 4.17. The highest BCUT2D eigenvalue weighted by Crippen LogP contribution is 2.36. The van der Waals surface area contributed by atoms with Crippen LogP contribution in [0.1, 0.15) is 23.7 Å². The van der Waals surface area contributed by atoms with Crippen LogP contribution in [0.5, 0.6) is 5.75 Å². The Labute approximate surface area is 158 Å². The minimum absolute atomic E-state index is 0.104. The first-order valence-electron chi connectivity index (χ1n) is 8.84. The third-order valence-corrected chi connectivity index (χ3v) is 5.15. The van der Waals surface area contributed by atoms with Crippen molar-refractivity contribution in [2.45, 2.75) is 25.3 Å². The summed E-state index contributed by atoms with van der Waals surface area (Å²) in [6, 6.07) is 6.03. The fraction of sp³-hybridized carbons (Fsp3) is 0.316. The van der Waals surface area contributed by atoms with E-state index in [9.17, 15) is 18.4 Å². The lowest BCUT2D eigenvalue weighted by molar-refractivity contribution is -0.144. The molecule has 1 aromatic carbocycles. The third-order valence-electron chi connectivity index (χ3n) is 5.15. The van der Waals surface area contributed by atoms with E-state index >= 15 is 0 Å². The van der Waals surface area contributed by atoms with Crippen LogP contribution in [0, 0.1) is 5.92 Å². The highest BCUT2D eigenvalue weighted by Gasteiger charge is 2.56. The van der Waals surface area contributed by atoms with Crippen molar-refractivity contribution in [1.29, 1.82) is 0 Å². The molecule has 2 unspecified atom stereocenters. The number of carbonyl (C=O) groups excluding carboxylic acids is 2. The highest BCUT2D eigenvalue weighted by molar-refractivity contribution is 6.03. The molecule has 2 amide bonds. The monoisotopic (exact) mass is 388 g/mol. The smallest absolute Gasteiger partial charge is 0.329 e. The second-order valence-electron chi connectivity index (χ2n) is 6.77. The molecule has 1 aliphatic heterocycles. The Balaban J connectivity index is 1.72. The van der Waals surface area contributed by atoms with Gasteiger partial charge < -0.3 is 15.8 Å². The van der Waals surface area contributed by atoms with E-state index in [0.29, 0.717) is 22.3 Å². The molecule has 2 atom stereocenters. The van der Waals surface area contributed by atoms with Crippen LogP contribution < -0.4 is 15.8 Å². The van der Waals surface area contributed by atoms with Gasteiger partial charge in [0.15, 0.2) is 0 Å². The number of nitrogens with one attached hydrogen (secondary N) is 1. The fourth-order valence-corrected chi connectivity index (χ4v) is 3.78. The maximum Gasteiger partial charge on any atom is 0.329 e. The van der Waals surface area contributed by atoms with Crippen molar-refractivity contribution in [3.05, 3.63) is 42.2 Å². The third kappa shape index (κ3) is 2.65. The number of rotatable bonds is 5. The summed E-state index contributed by atoms with van der Waals surface area (Å²) in [6.07, 6.45) is 3.34. The first kappa shape index (κ1) is 18.1. The van der Waals surface area contributed by atoms with Gasteiger partial charge in [0.2, 0.25) is 0 Å². The number of halogens is 2. The number of para-hydroxylation sites is 1. The normalized spacial score (nSPS) is 21.2. The molecule has 3 heterocycles. The van der Waals surface area contributed by atoms with Gasteiger partial charge in [0, 0.05) is 17.8 Å². The van der Waals surface area contributed by atoms with Crippen LogP contribution in [-0.2, 0) is 4.79 Å². The van der Waals surface area contributed by atoms with Crippen LogP contribution in [0.4, 0.5) is 8.78 Å². The average molecular weight is 388 g/mol. The minimum atomic E-state index is -3.41. The van der Waals surface area contributed by atoms with E-state index in [0.717, 1.165) is 0 Å². The number of ether oxygens (including phenoxy) is 1. The number of nitrogens with zero attached hydrogens (tertiary/aromatic N) is 2. The predicted octanol–water partition coefficient (Wildman–Crippen LogP) is 2.13. The molecule has 9 heteroatoms. The summed E-state index contributed by atoms with van der Waals surface area (Å²) in [5.74, 6) is -5.99. The lowest BCUT2D eigenvalue weighted by Crippen LogP contribution is -2.35. The fourth-order valence-electron chi connectivity index (χ4n) is 3.78. The van der Waals surface area contributed by atoms with E-state index in [1.165, 1.54) is 6.20 Å². The molecule has 7 nitrogen and oxygen atoms in total. The molecule has 28 heavy (non-hydrogen) atoms. The summed E-state index contributed by atoms with van der Waals surface area (Å²) < 4.78 is 35.5. The maximum absolute atomic E-state index is 14.0. The minimum Gasteiger partial charge on any atom is -0.489 e. The van der Waals surface area contributed by atoms with Crippen molar-refractivity contribution in [2.75, 3.05) is 6.61 Å². The molecule has 1 aliphatic rings. The van der Waals surface area contributed by atoms with Crippen molar-refractivity contribution >= 4 is 28.4 Å². The molecule has 0 spiro atoms. The second kappa shape index (κ2) is 6.43. The van der Waals surface area contributed by atoms with Crippen molar-refractivity contribution in [1.82, 2.24) is 14.7 Å². The molecule has 2 aromatic heterocycles. The number of nitrogens with two attached hydrogens (primary N) is 1. The number of alkyl halides is 2. The van der Waals surface area contributed by atoms with Crippen LogP contribution in [0.25, 0.3) is 16.6 Å². The largest absolute Gasteiger partial charge is 0.489 e. The van der Waals surface area contributed by atoms with Crippen molar-refractivity contribution in [2.24, 2.45) is 11.7 Å². The highest BCUT2D eigenvalue weighted by atomic mass is 19.3. The summed E-state index contributed by atoms with van der Waals surface area (Å²) in [5, 5.41) is 3.01. The number of carbonyl (C=O) groups is 2. The van der Waals surface area contributed by atoms with Gasteiger partial charge >= 0.3 is 5.92 Å². The van der Waals surface area contributed by atoms with Crippen LogP contribution in [0.15, 0.2) is 36.7 Å². The Morgan fingerprint density at radius 1 is 1.43 bits per heavy atom. The summed E-state index contributed by atoms with van der Waals surface area (Å²) in [4.78, 5) is 27.5. The lowest BCUT2D eigenvalue weighted by atomic mass is 9.95. The molecular weight excluding hydrogens is 370 g/mol. The van der Waals surface area contributed by atoms with E-state index in [2.05, 4.69) is 10.3 Å². The standard InChI is InChI=1S/C19H18F2N4O3/c1-2-12-13(24-18(27)19(12,20)21)9-28-14-5-3-4-10-8-11(16(22)26)17-23-6-7-25(17)15(10)14/h3-8,12-13H,2,9H2,1H3,(H2,22,26)(H,24,27). The first-order chi connectivity index (χ1) is 13.3. The Bertz CT molecular complexity index is 1100. The Morgan fingerprint density at radius 2 is 2.21 bits per heavy atom. The van der Waals surface area contributed by atoms with Gasteiger partial charge in [0.25, 0.3) is 11.8 Å². The molecule has 3 N–H and O–H groups in total. The Morgan fingerprint density at radius 3 is 2.93 bits per heavy atom. The van der Waals surface area contributed by atoms with Crippen LogP contribution >= 0.6 is 0 Å². The van der Waals surface area contributed by atoms with Gasteiger partial charge in [-0.15, -0.1) is 0 Å². The average Bonchev–Trinajstić information content (AvgIpc) is 3.22.